The van der Waals surface area contributed by atoms with E-state index in [4.69, 9.17) is 0 Å². The van der Waals surface area contributed by atoms with Gasteiger partial charge in [0.05, 0.1) is 24.7 Å². The molecule has 1 aromatic heterocycles. The van der Waals surface area contributed by atoms with E-state index in [1.165, 1.54) is 11.3 Å². The van der Waals surface area contributed by atoms with Gasteiger partial charge in [0.25, 0.3) is 5.91 Å². The van der Waals surface area contributed by atoms with Crippen molar-refractivity contribution in [2.24, 2.45) is 0 Å². The second-order valence-corrected chi connectivity index (χ2v) is 7.48. The van der Waals surface area contributed by atoms with Gasteiger partial charge in [-0.05, 0) is 24.6 Å². The Morgan fingerprint density at radius 1 is 0.967 bits per heavy atom. The van der Waals surface area contributed by atoms with Crippen LogP contribution < -0.4 is 16.0 Å². The zero-order valence-electron chi connectivity index (χ0n) is 16.4. The quantitative estimate of drug-likeness (QED) is 0.519. The van der Waals surface area contributed by atoms with Gasteiger partial charge in [0, 0.05) is 10.9 Å². The van der Waals surface area contributed by atoms with Gasteiger partial charge in [0.15, 0.2) is 5.13 Å². The molecule has 0 aliphatic carbocycles. The van der Waals surface area contributed by atoms with E-state index in [-0.39, 0.29) is 30.7 Å². The first-order valence-electron chi connectivity index (χ1n) is 9.41. The van der Waals surface area contributed by atoms with Crippen LogP contribution in [-0.2, 0) is 9.59 Å². The van der Waals surface area contributed by atoms with Crippen LogP contribution >= 0.6 is 11.3 Å². The maximum absolute atomic E-state index is 12.6. The molecule has 2 aromatic carbocycles. The predicted molar refractivity (Wildman–Crippen MR) is 116 cm³/mol. The number of nitrogens with one attached hydrogen (secondary N) is 3. The molecule has 3 amide bonds. The van der Waals surface area contributed by atoms with Crippen LogP contribution in [0.5, 0.6) is 0 Å². The maximum atomic E-state index is 12.6. The normalized spacial score (nSPS) is 11.4. The van der Waals surface area contributed by atoms with Gasteiger partial charge < -0.3 is 16.0 Å². The summed E-state index contributed by atoms with van der Waals surface area (Å²) < 4.78 is 0. The van der Waals surface area contributed by atoms with E-state index in [0.29, 0.717) is 10.7 Å². The number of amides is 3. The van der Waals surface area contributed by atoms with Crippen LogP contribution in [0.4, 0.5) is 5.13 Å². The fraction of sp³-hybridized carbons (Fsp3) is 0.182. The monoisotopic (exact) mass is 422 g/mol. The van der Waals surface area contributed by atoms with E-state index in [2.05, 4.69) is 20.9 Å². The van der Waals surface area contributed by atoms with Crippen molar-refractivity contribution in [2.75, 3.05) is 11.9 Å². The summed E-state index contributed by atoms with van der Waals surface area (Å²) in [5.41, 5.74) is 2.13. The van der Waals surface area contributed by atoms with Gasteiger partial charge in [-0.1, -0.05) is 48.5 Å². The number of aromatic nitrogens is 1. The van der Waals surface area contributed by atoms with Crippen LogP contribution in [0.1, 0.15) is 34.1 Å². The molecule has 0 saturated carbocycles. The molecule has 0 aliphatic heterocycles. The van der Waals surface area contributed by atoms with E-state index in [1.54, 1.807) is 24.3 Å². The molecule has 7 nitrogen and oxygen atoms in total. The molecule has 0 saturated heterocycles. The van der Waals surface area contributed by atoms with E-state index < -0.39 is 6.04 Å². The van der Waals surface area contributed by atoms with E-state index in [0.717, 1.165) is 11.3 Å². The lowest BCUT2D eigenvalue weighted by atomic mass is 10.0. The Kier molecular flexibility index (Phi) is 7.29. The molecule has 0 spiro atoms. The number of benzene rings is 2. The third-order valence-electron chi connectivity index (χ3n) is 4.24. The zero-order chi connectivity index (χ0) is 21.3. The summed E-state index contributed by atoms with van der Waals surface area (Å²) in [5, 5.41) is 10.5. The highest BCUT2D eigenvalue weighted by Gasteiger charge is 2.19. The molecule has 0 aliphatic rings. The van der Waals surface area contributed by atoms with Crippen molar-refractivity contribution in [3.8, 4) is 0 Å². The van der Waals surface area contributed by atoms with Crippen LogP contribution in [0.3, 0.4) is 0 Å². The lowest BCUT2D eigenvalue weighted by Gasteiger charge is -2.19. The molecular formula is C22H22N4O3S. The number of aryl methyl sites for hydroxylation is 1. The molecule has 30 heavy (non-hydrogen) atoms. The van der Waals surface area contributed by atoms with Gasteiger partial charge in [0.1, 0.15) is 0 Å². The van der Waals surface area contributed by atoms with Gasteiger partial charge in [0.2, 0.25) is 11.8 Å². The van der Waals surface area contributed by atoms with Gasteiger partial charge >= 0.3 is 0 Å². The Morgan fingerprint density at radius 2 is 1.63 bits per heavy atom. The molecule has 0 bridgehead atoms. The fourth-order valence-electron chi connectivity index (χ4n) is 2.78. The number of hydrogen-bond acceptors (Lipinski definition) is 5. The average molecular weight is 423 g/mol. The van der Waals surface area contributed by atoms with Crippen LogP contribution in [0.25, 0.3) is 0 Å². The minimum atomic E-state index is -0.524. The molecule has 3 aromatic rings. The number of carbonyl (C=O) groups is 3. The molecule has 1 unspecified atom stereocenters. The Bertz CT molecular complexity index is 1010. The molecule has 154 valence electrons. The predicted octanol–water partition coefficient (Wildman–Crippen LogP) is 3.07. The summed E-state index contributed by atoms with van der Waals surface area (Å²) in [4.78, 5) is 41.2. The lowest BCUT2D eigenvalue weighted by molar-refractivity contribution is -0.124. The van der Waals surface area contributed by atoms with Crippen molar-refractivity contribution in [3.63, 3.8) is 0 Å². The summed E-state index contributed by atoms with van der Waals surface area (Å²) in [6, 6.07) is 17.5. The molecular weight excluding hydrogens is 400 g/mol. The van der Waals surface area contributed by atoms with E-state index in [9.17, 15) is 14.4 Å². The average Bonchev–Trinajstić information content (AvgIpc) is 3.17. The summed E-state index contributed by atoms with van der Waals surface area (Å²) in [6.07, 6.45) is 0.00618. The van der Waals surface area contributed by atoms with Crippen molar-refractivity contribution in [1.82, 2.24) is 15.6 Å². The second kappa shape index (κ2) is 10.3. The van der Waals surface area contributed by atoms with Crippen LogP contribution in [0, 0.1) is 6.92 Å². The van der Waals surface area contributed by atoms with Crippen molar-refractivity contribution in [2.45, 2.75) is 19.4 Å². The Labute approximate surface area is 178 Å². The highest BCUT2D eigenvalue weighted by Crippen LogP contribution is 2.18. The summed E-state index contributed by atoms with van der Waals surface area (Å²) in [5.74, 6) is -0.973. The lowest BCUT2D eigenvalue weighted by Crippen LogP contribution is -2.37. The number of rotatable bonds is 8. The Morgan fingerprint density at radius 3 is 2.27 bits per heavy atom. The highest BCUT2D eigenvalue weighted by molar-refractivity contribution is 7.13. The van der Waals surface area contributed by atoms with Gasteiger partial charge in [-0.15, -0.1) is 11.3 Å². The third kappa shape index (κ3) is 6.25. The van der Waals surface area contributed by atoms with Gasteiger partial charge in [-0.25, -0.2) is 4.98 Å². The number of nitrogens with zero attached hydrogens (tertiary/aromatic N) is 1. The molecule has 3 rings (SSSR count). The minimum Gasteiger partial charge on any atom is -0.347 e. The molecule has 8 heteroatoms. The van der Waals surface area contributed by atoms with Crippen LogP contribution in [-0.4, -0.2) is 29.3 Å². The third-order valence-corrected chi connectivity index (χ3v) is 5.12. The standard InChI is InChI=1S/C22H22N4O3S/c1-15-14-30-22(24-15)26-20(28)13-23-19(27)12-18(16-8-4-2-5-9-16)25-21(29)17-10-6-3-7-11-17/h2-11,14,18H,12-13H2,1H3,(H,23,27)(H,25,29)(H,24,26,28). The summed E-state index contributed by atoms with van der Waals surface area (Å²) in [6.45, 7) is 1.66. The number of hydrogen-bond donors (Lipinski definition) is 3. The van der Waals surface area contributed by atoms with Gasteiger partial charge in [-0.3, -0.25) is 14.4 Å². The second-order valence-electron chi connectivity index (χ2n) is 6.63. The molecule has 3 N–H and O–H groups in total. The largest absolute Gasteiger partial charge is 0.347 e. The molecule has 0 radical (unpaired) electrons. The highest BCUT2D eigenvalue weighted by atomic mass is 32.1. The first-order chi connectivity index (χ1) is 14.5. The summed E-state index contributed by atoms with van der Waals surface area (Å²) >= 11 is 1.32. The smallest absolute Gasteiger partial charge is 0.251 e. The van der Waals surface area contributed by atoms with Crippen molar-refractivity contribution < 1.29 is 14.4 Å². The number of carbonyl (C=O) groups excluding carboxylic acids is 3. The fourth-order valence-corrected chi connectivity index (χ4v) is 3.48. The SMILES string of the molecule is Cc1csc(NC(=O)CNC(=O)CC(NC(=O)c2ccccc2)c2ccccc2)n1. The molecule has 1 heterocycles. The zero-order valence-corrected chi connectivity index (χ0v) is 17.2. The molecule has 0 fully saturated rings. The first kappa shape index (κ1) is 21.2. The topological polar surface area (TPSA) is 100 Å². The number of thiazole rings is 1. The Balaban J connectivity index is 1.59. The minimum absolute atomic E-state index is 0.00618. The van der Waals surface area contributed by atoms with Gasteiger partial charge in [-0.2, -0.15) is 0 Å². The van der Waals surface area contributed by atoms with Crippen LogP contribution in [0.15, 0.2) is 66.0 Å². The van der Waals surface area contributed by atoms with Crippen molar-refractivity contribution in [3.05, 3.63) is 82.9 Å². The first-order valence-corrected chi connectivity index (χ1v) is 10.3. The molecule has 1 atom stereocenters. The van der Waals surface area contributed by atoms with Crippen LogP contribution in [0.2, 0.25) is 0 Å². The van der Waals surface area contributed by atoms with E-state index in [1.807, 2.05) is 48.7 Å². The van der Waals surface area contributed by atoms with E-state index >= 15 is 0 Å². The van der Waals surface area contributed by atoms with Crippen molar-refractivity contribution >= 4 is 34.2 Å². The summed E-state index contributed by atoms with van der Waals surface area (Å²) in [7, 11) is 0. The Hall–Kier alpha value is -3.52. The van der Waals surface area contributed by atoms with Crippen molar-refractivity contribution in [1.29, 1.82) is 0 Å². The maximum Gasteiger partial charge on any atom is 0.251 e. The number of anilines is 1.